The SMILES string of the molecule is O=C(NCc1n[nH]c(=O)[nH]1)NC[C@@H]1CCCN(c2ncccn2)C1. The van der Waals surface area contributed by atoms with E-state index in [1.54, 1.807) is 18.5 Å². The first-order chi connectivity index (χ1) is 11.7. The van der Waals surface area contributed by atoms with E-state index in [4.69, 9.17) is 0 Å². The number of hydrogen-bond acceptors (Lipinski definition) is 6. The number of carbonyl (C=O) groups is 1. The smallest absolute Gasteiger partial charge is 0.340 e. The summed E-state index contributed by atoms with van der Waals surface area (Å²) in [6.07, 6.45) is 5.56. The van der Waals surface area contributed by atoms with Gasteiger partial charge in [-0.3, -0.25) is 4.98 Å². The molecular formula is C14H20N8O2. The number of anilines is 1. The number of nitrogens with one attached hydrogen (secondary N) is 4. The lowest BCUT2D eigenvalue weighted by molar-refractivity contribution is 0.237. The van der Waals surface area contributed by atoms with Gasteiger partial charge in [-0.2, -0.15) is 5.10 Å². The number of amides is 2. The van der Waals surface area contributed by atoms with E-state index in [-0.39, 0.29) is 12.6 Å². The van der Waals surface area contributed by atoms with E-state index < -0.39 is 5.69 Å². The molecule has 1 saturated heterocycles. The Morgan fingerprint density at radius 1 is 1.33 bits per heavy atom. The largest absolute Gasteiger partial charge is 0.340 e. The Bertz CT molecular complexity index is 713. The second kappa shape index (κ2) is 7.57. The quantitative estimate of drug-likeness (QED) is 0.589. The summed E-state index contributed by atoms with van der Waals surface area (Å²) in [6.45, 7) is 2.49. The van der Waals surface area contributed by atoms with Crippen LogP contribution in [0, 0.1) is 5.92 Å². The fourth-order valence-electron chi connectivity index (χ4n) is 2.72. The summed E-state index contributed by atoms with van der Waals surface area (Å²) in [5.41, 5.74) is -0.391. The third-order valence-electron chi connectivity index (χ3n) is 3.87. The van der Waals surface area contributed by atoms with Crippen molar-refractivity contribution in [1.82, 2.24) is 35.8 Å². The fraction of sp³-hybridized carbons (Fsp3) is 0.500. The van der Waals surface area contributed by atoms with Crippen molar-refractivity contribution in [2.24, 2.45) is 5.92 Å². The van der Waals surface area contributed by atoms with Crippen LogP contribution in [0.1, 0.15) is 18.7 Å². The number of nitrogens with zero attached hydrogens (tertiary/aromatic N) is 4. The van der Waals surface area contributed by atoms with Gasteiger partial charge in [0.1, 0.15) is 5.82 Å². The molecule has 0 aliphatic carbocycles. The molecule has 0 saturated carbocycles. The van der Waals surface area contributed by atoms with E-state index >= 15 is 0 Å². The molecule has 1 aliphatic rings. The predicted molar refractivity (Wildman–Crippen MR) is 86.4 cm³/mol. The van der Waals surface area contributed by atoms with E-state index in [2.05, 4.69) is 40.7 Å². The minimum absolute atomic E-state index is 0.166. The van der Waals surface area contributed by atoms with Crippen LogP contribution in [0.15, 0.2) is 23.3 Å². The molecule has 0 aromatic carbocycles. The topological polar surface area (TPSA) is 132 Å². The first-order valence-corrected chi connectivity index (χ1v) is 7.88. The molecule has 3 heterocycles. The second-order valence-corrected chi connectivity index (χ2v) is 5.69. The predicted octanol–water partition coefficient (Wildman–Crippen LogP) is -0.396. The number of urea groups is 1. The average molecular weight is 332 g/mol. The molecule has 2 aromatic rings. The first kappa shape index (κ1) is 16.0. The Morgan fingerprint density at radius 3 is 2.92 bits per heavy atom. The summed E-state index contributed by atoms with van der Waals surface area (Å²) in [5, 5.41) is 11.5. The Labute approximate surface area is 138 Å². The van der Waals surface area contributed by atoms with Gasteiger partial charge in [0.25, 0.3) is 0 Å². The van der Waals surface area contributed by atoms with Crippen LogP contribution in [0.25, 0.3) is 0 Å². The Balaban J connectivity index is 1.42. The van der Waals surface area contributed by atoms with Crippen molar-refractivity contribution in [3.63, 3.8) is 0 Å². The highest BCUT2D eigenvalue weighted by Crippen LogP contribution is 2.19. The van der Waals surface area contributed by atoms with Gasteiger partial charge in [0, 0.05) is 32.0 Å². The third-order valence-corrected chi connectivity index (χ3v) is 3.87. The molecule has 3 rings (SSSR count). The van der Waals surface area contributed by atoms with Crippen LogP contribution in [0.4, 0.5) is 10.7 Å². The number of aromatic amines is 2. The highest BCUT2D eigenvalue weighted by molar-refractivity contribution is 5.73. The van der Waals surface area contributed by atoms with Crippen LogP contribution in [-0.2, 0) is 6.54 Å². The van der Waals surface area contributed by atoms with Crippen molar-refractivity contribution < 1.29 is 4.79 Å². The maximum Gasteiger partial charge on any atom is 0.340 e. The van der Waals surface area contributed by atoms with Gasteiger partial charge in [0.15, 0.2) is 0 Å². The molecule has 0 bridgehead atoms. The summed E-state index contributed by atoms with van der Waals surface area (Å²) in [7, 11) is 0. The van der Waals surface area contributed by atoms with Crippen LogP contribution in [0.5, 0.6) is 0 Å². The van der Waals surface area contributed by atoms with E-state index in [1.807, 2.05) is 0 Å². The highest BCUT2D eigenvalue weighted by Gasteiger charge is 2.21. The molecule has 0 unspecified atom stereocenters. The van der Waals surface area contributed by atoms with Crippen LogP contribution >= 0.6 is 0 Å². The minimum Gasteiger partial charge on any atom is -0.340 e. The van der Waals surface area contributed by atoms with Crippen LogP contribution in [-0.4, -0.2) is 50.8 Å². The molecule has 0 spiro atoms. The number of piperidine rings is 1. The van der Waals surface area contributed by atoms with Crippen molar-refractivity contribution in [2.45, 2.75) is 19.4 Å². The summed E-state index contributed by atoms with van der Waals surface area (Å²) >= 11 is 0. The number of H-pyrrole nitrogens is 2. The zero-order chi connectivity index (χ0) is 16.8. The van der Waals surface area contributed by atoms with Crippen molar-refractivity contribution >= 4 is 12.0 Å². The van der Waals surface area contributed by atoms with Gasteiger partial charge < -0.3 is 15.5 Å². The molecule has 1 aliphatic heterocycles. The van der Waals surface area contributed by atoms with Gasteiger partial charge in [0.2, 0.25) is 5.95 Å². The first-order valence-electron chi connectivity index (χ1n) is 7.88. The molecule has 2 amide bonds. The maximum atomic E-state index is 11.8. The van der Waals surface area contributed by atoms with Crippen LogP contribution < -0.4 is 21.2 Å². The van der Waals surface area contributed by atoms with Crippen molar-refractivity contribution in [3.8, 4) is 0 Å². The van der Waals surface area contributed by atoms with Crippen molar-refractivity contribution in [1.29, 1.82) is 0 Å². The van der Waals surface area contributed by atoms with Gasteiger partial charge in [-0.1, -0.05) is 0 Å². The van der Waals surface area contributed by atoms with Crippen LogP contribution in [0.2, 0.25) is 0 Å². The van der Waals surface area contributed by atoms with E-state index in [9.17, 15) is 9.59 Å². The van der Waals surface area contributed by atoms with E-state index in [0.29, 0.717) is 18.3 Å². The van der Waals surface area contributed by atoms with Gasteiger partial charge >= 0.3 is 11.7 Å². The molecule has 1 atom stereocenters. The number of hydrogen-bond donors (Lipinski definition) is 4. The molecule has 128 valence electrons. The van der Waals surface area contributed by atoms with E-state index in [0.717, 1.165) is 31.9 Å². The highest BCUT2D eigenvalue weighted by atomic mass is 16.2. The summed E-state index contributed by atoms with van der Waals surface area (Å²) in [6, 6.07) is 1.51. The fourth-order valence-corrected chi connectivity index (χ4v) is 2.72. The Kier molecular flexibility index (Phi) is 5.04. The standard InChI is InChI=1S/C14H20N8O2/c23-13(18-8-11-19-14(24)21-20-11)17-7-10-3-1-6-22(9-10)12-15-4-2-5-16-12/h2,4-5,10H,1,3,6-9H2,(H2,17,18,23)(H2,19,20,21,24)/t10-/m0/s1. The second-order valence-electron chi connectivity index (χ2n) is 5.69. The Morgan fingerprint density at radius 2 is 2.17 bits per heavy atom. The third kappa shape index (κ3) is 4.31. The van der Waals surface area contributed by atoms with Gasteiger partial charge in [0.05, 0.1) is 6.54 Å². The van der Waals surface area contributed by atoms with Gasteiger partial charge in [-0.05, 0) is 24.8 Å². The molecule has 2 aromatic heterocycles. The molecule has 10 nitrogen and oxygen atoms in total. The minimum atomic E-state index is -0.391. The lowest BCUT2D eigenvalue weighted by atomic mass is 9.98. The summed E-state index contributed by atoms with van der Waals surface area (Å²) in [5.74, 6) is 1.47. The molecule has 24 heavy (non-hydrogen) atoms. The van der Waals surface area contributed by atoms with Crippen molar-refractivity contribution in [2.75, 3.05) is 24.5 Å². The summed E-state index contributed by atoms with van der Waals surface area (Å²) < 4.78 is 0. The number of carbonyl (C=O) groups excluding carboxylic acids is 1. The normalized spacial score (nSPS) is 17.5. The molecule has 0 radical (unpaired) electrons. The lowest BCUT2D eigenvalue weighted by Gasteiger charge is -2.32. The summed E-state index contributed by atoms with van der Waals surface area (Å²) in [4.78, 5) is 35.9. The maximum absolute atomic E-state index is 11.8. The van der Waals surface area contributed by atoms with E-state index in [1.165, 1.54) is 0 Å². The van der Waals surface area contributed by atoms with Crippen LogP contribution in [0.3, 0.4) is 0 Å². The zero-order valence-electron chi connectivity index (χ0n) is 13.2. The molecule has 10 heteroatoms. The number of rotatable bonds is 5. The van der Waals surface area contributed by atoms with Gasteiger partial charge in [-0.15, -0.1) is 0 Å². The molecular weight excluding hydrogens is 312 g/mol. The lowest BCUT2D eigenvalue weighted by Crippen LogP contribution is -2.44. The van der Waals surface area contributed by atoms with Crippen molar-refractivity contribution in [3.05, 3.63) is 34.8 Å². The average Bonchev–Trinajstić information content (AvgIpc) is 3.04. The molecule has 1 fully saturated rings. The number of aromatic nitrogens is 5. The Hall–Kier alpha value is -2.91. The van der Waals surface area contributed by atoms with Gasteiger partial charge in [-0.25, -0.2) is 24.7 Å². The zero-order valence-corrected chi connectivity index (χ0v) is 13.2. The molecule has 4 N–H and O–H groups in total. The monoisotopic (exact) mass is 332 g/mol.